The molecular weight excluding hydrogens is 254 g/mol. The van der Waals surface area contributed by atoms with Crippen molar-refractivity contribution in [3.05, 3.63) is 40.4 Å². The Kier molecular flexibility index (Phi) is 2.49. The normalized spacial score (nSPS) is 10.5. The molecule has 0 aromatic heterocycles. The topological polar surface area (TPSA) is 43.1 Å². The molecule has 0 radical (unpaired) electrons. The van der Waals surface area contributed by atoms with E-state index in [2.05, 4.69) is 15.9 Å². The van der Waals surface area contributed by atoms with Gasteiger partial charge >= 0.3 is 0 Å². The molecule has 76 valence electrons. The van der Waals surface area contributed by atoms with Crippen LogP contribution in [0.5, 0.6) is 0 Å². The maximum absolute atomic E-state index is 11.5. The molecule has 0 atom stereocenters. The summed E-state index contributed by atoms with van der Waals surface area (Å²) in [5, 5.41) is 1.93. The number of nitrogens with two attached hydrogens (primary N) is 1. The van der Waals surface area contributed by atoms with Gasteiger partial charge in [-0.15, -0.1) is 0 Å². The number of ketones is 1. The summed E-state index contributed by atoms with van der Waals surface area (Å²) in [4.78, 5) is 11.5. The number of hydrogen-bond donors (Lipinski definition) is 1. The molecule has 2 aromatic carbocycles. The highest BCUT2D eigenvalue weighted by Crippen LogP contribution is 2.27. The van der Waals surface area contributed by atoms with Crippen molar-refractivity contribution in [2.75, 3.05) is 5.73 Å². The van der Waals surface area contributed by atoms with Gasteiger partial charge in [-0.3, -0.25) is 4.79 Å². The van der Waals surface area contributed by atoms with E-state index in [1.165, 1.54) is 6.92 Å². The van der Waals surface area contributed by atoms with E-state index < -0.39 is 0 Å². The molecule has 0 aliphatic carbocycles. The highest BCUT2D eigenvalue weighted by molar-refractivity contribution is 9.10. The van der Waals surface area contributed by atoms with Gasteiger partial charge < -0.3 is 5.73 Å². The van der Waals surface area contributed by atoms with E-state index in [9.17, 15) is 4.79 Å². The fourth-order valence-electron chi connectivity index (χ4n) is 1.70. The summed E-state index contributed by atoms with van der Waals surface area (Å²) >= 11 is 3.39. The van der Waals surface area contributed by atoms with Crippen LogP contribution in [0.2, 0.25) is 0 Å². The Balaban J connectivity index is 2.90. The molecule has 3 heteroatoms. The number of anilines is 1. The summed E-state index contributed by atoms with van der Waals surface area (Å²) in [5.41, 5.74) is 6.94. The molecule has 0 aliphatic heterocycles. The smallest absolute Gasteiger partial charge is 0.162 e. The molecule has 0 fully saturated rings. The largest absolute Gasteiger partial charge is 0.398 e. The van der Waals surface area contributed by atoms with Crippen molar-refractivity contribution in [1.82, 2.24) is 0 Å². The number of benzene rings is 2. The first kappa shape index (κ1) is 10.2. The lowest BCUT2D eigenvalue weighted by Gasteiger charge is -2.07. The second kappa shape index (κ2) is 3.66. The third kappa shape index (κ3) is 1.75. The van der Waals surface area contributed by atoms with Crippen molar-refractivity contribution in [3.8, 4) is 0 Å². The first-order valence-corrected chi connectivity index (χ1v) is 5.37. The predicted molar refractivity (Wildman–Crippen MR) is 66.1 cm³/mol. The van der Waals surface area contributed by atoms with Crippen LogP contribution in [0.4, 0.5) is 5.69 Å². The molecule has 0 saturated heterocycles. The second-order valence-electron chi connectivity index (χ2n) is 3.45. The highest BCUT2D eigenvalue weighted by Gasteiger charge is 2.09. The van der Waals surface area contributed by atoms with Crippen molar-refractivity contribution in [3.63, 3.8) is 0 Å². The minimum Gasteiger partial charge on any atom is -0.398 e. The van der Waals surface area contributed by atoms with Crippen LogP contribution in [0.1, 0.15) is 17.3 Å². The Labute approximate surface area is 96.2 Å². The van der Waals surface area contributed by atoms with Crippen LogP contribution < -0.4 is 5.73 Å². The van der Waals surface area contributed by atoms with Crippen molar-refractivity contribution >= 4 is 38.2 Å². The molecule has 2 aromatic rings. The van der Waals surface area contributed by atoms with Gasteiger partial charge in [0.1, 0.15) is 0 Å². The fourth-order valence-corrected chi connectivity index (χ4v) is 2.06. The Morgan fingerprint density at radius 1 is 1.27 bits per heavy atom. The van der Waals surface area contributed by atoms with Gasteiger partial charge in [-0.1, -0.05) is 28.1 Å². The van der Waals surface area contributed by atoms with Crippen LogP contribution in [0.25, 0.3) is 10.8 Å². The lowest BCUT2D eigenvalue weighted by Crippen LogP contribution is -2.00. The van der Waals surface area contributed by atoms with Crippen LogP contribution in [-0.2, 0) is 0 Å². The Bertz CT molecular complexity index is 543. The summed E-state index contributed by atoms with van der Waals surface area (Å²) in [6, 6.07) is 9.52. The average Bonchev–Trinajstić information content (AvgIpc) is 2.16. The van der Waals surface area contributed by atoms with Crippen LogP contribution in [0, 0.1) is 0 Å². The zero-order chi connectivity index (χ0) is 11.0. The highest BCUT2D eigenvalue weighted by atomic mass is 79.9. The number of nitrogen functional groups attached to an aromatic ring is 1. The van der Waals surface area contributed by atoms with Crippen LogP contribution in [0.3, 0.4) is 0 Å². The van der Waals surface area contributed by atoms with Crippen molar-refractivity contribution in [1.29, 1.82) is 0 Å². The molecular formula is C12H10BrNO. The van der Waals surface area contributed by atoms with Crippen LogP contribution in [0.15, 0.2) is 34.8 Å². The van der Waals surface area contributed by atoms with Crippen LogP contribution in [-0.4, -0.2) is 5.78 Å². The standard InChI is InChI=1S/C12H10BrNO/c1-7(15)12-10-6-9(13)4-2-8(10)3-5-11(12)14/h2-6H,14H2,1H3. The number of fused-ring (bicyclic) bond motifs is 1. The molecule has 2 rings (SSSR count). The summed E-state index contributed by atoms with van der Waals surface area (Å²) in [6.07, 6.45) is 0. The van der Waals surface area contributed by atoms with Gasteiger partial charge in [0.15, 0.2) is 5.78 Å². The monoisotopic (exact) mass is 263 g/mol. The first-order valence-electron chi connectivity index (χ1n) is 4.58. The lowest BCUT2D eigenvalue weighted by atomic mass is 10.0. The van der Waals surface area contributed by atoms with E-state index >= 15 is 0 Å². The van der Waals surface area contributed by atoms with E-state index in [1.54, 1.807) is 6.07 Å². The number of carbonyl (C=O) groups excluding carboxylic acids is 1. The quantitative estimate of drug-likeness (QED) is 0.633. The van der Waals surface area contributed by atoms with Gasteiger partial charge in [0, 0.05) is 15.7 Å². The number of carbonyl (C=O) groups is 1. The van der Waals surface area contributed by atoms with Crippen LogP contribution >= 0.6 is 15.9 Å². The molecule has 2 N–H and O–H groups in total. The molecule has 0 spiro atoms. The number of halogens is 1. The molecule has 2 nitrogen and oxygen atoms in total. The summed E-state index contributed by atoms with van der Waals surface area (Å²) in [6.45, 7) is 1.53. The summed E-state index contributed by atoms with van der Waals surface area (Å²) in [5.74, 6) is -0.00352. The maximum atomic E-state index is 11.5. The zero-order valence-electron chi connectivity index (χ0n) is 8.25. The zero-order valence-corrected chi connectivity index (χ0v) is 9.84. The fraction of sp³-hybridized carbons (Fsp3) is 0.0833. The minimum absolute atomic E-state index is 0.00352. The van der Waals surface area contributed by atoms with Gasteiger partial charge in [-0.05, 0) is 35.9 Å². The molecule has 15 heavy (non-hydrogen) atoms. The van der Waals surface area contributed by atoms with Gasteiger partial charge in [0.25, 0.3) is 0 Å². The Hall–Kier alpha value is -1.35. The van der Waals surface area contributed by atoms with E-state index in [1.807, 2.05) is 24.3 Å². The molecule has 0 amide bonds. The number of hydrogen-bond acceptors (Lipinski definition) is 2. The Morgan fingerprint density at radius 2 is 1.93 bits per heavy atom. The first-order chi connectivity index (χ1) is 7.09. The maximum Gasteiger partial charge on any atom is 0.162 e. The van der Waals surface area contributed by atoms with Crippen molar-refractivity contribution in [2.45, 2.75) is 6.92 Å². The van der Waals surface area contributed by atoms with Gasteiger partial charge in [0.2, 0.25) is 0 Å². The summed E-state index contributed by atoms with van der Waals surface area (Å²) in [7, 11) is 0. The SMILES string of the molecule is CC(=O)c1c(N)ccc2ccc(Br)cc12. The van der Waals surface area contributed by atoms with Gasteiger partial charge in [-0.25, -0.2) is 0 Å². The minimum atomic E-state index is -0.00352. The second-order valence-corrected chi connectivity index (χ2v) is 4.37. The Morgan fingerprint density at radius 3 is 2.60 bits per heavy atom. The molecule has 0 bridgehead atoms. The van der Waals surface area contributed by atoms with Crippen molar-refractivity contribution < 1.29 is 4.79 Å². The molecule has 0 aliphatic rings. The molecule has 0 saturated carbocycles. The van der Waals surface area contributed by atoms with E-state index in [4.69, 9.17) is 5.73 Å². The lowest BCUT2D eigenvalue weighted by molar-refractivity contribution is 0.102. The third-order valence-electron chi connectivity index (χ3n) is 2.37. The van der Waals surface area contributed by atoms with E-state index in [0.717, 1.165) is 15.2 Å². The number of rotatable bonds is 1. The van der Waals surface area contributed by atoms with E-state index in [-0.39, 0.29) is 5.78 Å². The average molecular weight is 264 g/mol. The molecule has 0 unspecified atom stereocenters. The van der Waals surface area contributed by atoms with Gasteiger partial charge in [0.05, 0.1) is 0 Å². The summed E-state index contributed by atoms with van der Waals surface area (Å²) < 4.78 is 0.947. The third-order valence-corrected chi connectivity index (χ3v) is 2.86. The number of Topliss-reactive ketones (excluding diaryl/α,β-unsaturated/α-hetero) is 1. The van der Waals surface area contributed by atoms with E-state index in [0.29, 0.717) is 11.3 Å². The van der Waals surface area contributed by atoms with Crippen molar-refractivity contribution in [2.24, 2.45) is 0 Å². The molecule has 0 heterocycles. The predicted octanol–water partition coefficient (Wildman–Crippen LogP) is 3.39. The van der Waals surface area contributed by atoms with Gasteiger partial charge in [-0.2, -0.15) is 0 Å².